The highest BCUT2D eigenvalue weighted by Gasteiger charge is 2.10. The largest absolute Gasteiger partial charge is 0.384 e. The van der Waals surface area contributed by atoms with Crippen LogP contribution in [0.15, 0.2) is 36.5 Å². The van der Waals surface area contributed by atoms with Crippen LogP contribution >= 0.6 is 0 Å². The van der Waals surface area contributed by atoms with Crippen molar-refractivity contribution in [3.05, 3.63) is 47.8 Å². The molecule has 2 heterocycles. The molecule has 0 aliphatic rings. The van der Waals surface area contributed by atoms with Gasteiger partial charge in [0.05, 0.1) is 17.6 Å². The number of nitrogens with one attached hydrogen (secondary N) is 1. The zero-order valence-electron chi connectivity index (χ0n) is 11.3. The van der Waals surface area contributed by atoms with Gasteiger partial charge in [0, 0.05) is 18.3 Å². The average molecular weight is 252 g/mol. The van der Waals surface area contributed by atoms with E-state index < -0.39 is 0 Å². The molecule has 0 fully saturated rings. The van der Waals surface area contributed by atoms with E-state index in [1.807, 2.05) is 30.6 Å². The van der Waals surface area contributed by atoms with Gasteiger partial charge in [-0.3, -0.25) is 0 Å². The first-order valence-electron chi connectivity index (χ1n) is 6.30. The summed E-state index contributed by atoms with van der Waals surface area (Å²) in [5, 5.41) is 7.46. The van der Waals surface area contributed by atoms with Crippen molar-refractivity contribution >= 4 is 11.3 Å². The number of hydrogen-bond donors (Lipinski definition) is 1. The molecule has 0 bridgehead atoms. The van der Waals surface area contributed by atoms with Gasteiger partial charge in [-0.15, -0.1) is 0 Å². The third-order valence-corrected chi connectivity index (χ3v) is 3.34. The summed E-state index contributed by atoms with van der Waals surface area (Å²) < 4.78 is 1.85. The lowest BCUT2D eigenvalue weighted by Gasteiger charge is -2.08. The summed E-state index contributed by atoms with van der Waals surface area (Å²) in [4.78, 5) is 4.74. The molecule has 4 nitrogen and oxygen atoms in total. The SMILES string of the molecule is CNc1cnn2c(C)cc(-c3ccccc3C)nc12. The second-order valence-electron chi connectivity index (χ2n) is 4.64. The minimum absolute atomic E-state index is 0.862. The molecular formula is C15H16N4. The fourth-order valence-corrected chi connectivity index (χ4v) is 2.29. The highest BCUT2D eigenvalue weighted by molar-refractivity contribution is 5.72. The minimum Gasteiger partial charge on any atom is -0.384 e. The van der Waals surface area contributed by atoms with E-state index in [0.717, 1.165) is 28.3 Å². The lowest BCUT2D eigenvalue weighted by molar-refractivity contribution is 0.896. The molecule has 4 heteroatoms. The zero-order chi connectivity index (χ0) is 13.4. The Balaban J connectivity index is 2.28. The van der Waals surface area contributed by atoms with Crippen molar-refractivity contribution in [1.82, 2.24) is 14.6 Å². The van der Waals surface area contributed by atoms with Gasteiger partial charge in [0.2, 0.25) is 0 Å². The summed E-state index contributed by atoms with van der Waals surface area (Å²) in [5.41, 5.74) is 6.25. The zero-order valence-corrected chi connectivity index (χ0v) is 11.3. The molecule has 0 spiro atoms. The predicted octanol–water partition coefficient (Wildman–Crippen LogP) is 3.05. The third-order valence-electron chi connectivity index (χ3n) is 3.34. The maximum Gasteiger partial charge on any atom is 0.179 e. The van der Waals surface area contributed by atoms with Gasteiger partial charge in [-0.05, 0) is 25.5 Å². The van der Waals surface area contributed by atoms with Gasteiger partial charge in [-0.1, -0.05) is 24.3 Å². The van der Waals surface area contributed by atoms with Crippen LogP contribution in [0.5, 0.6) is 0 Å². The molecule has 0 aliphatic carbocycles. The van der Waals surface area contributed by atoms with E-state index in [-0.39, 0.29) is 0 Å². The van der Waals surface area contributed by atoms with Crippen LogP contribution in [0.2, 0.25) is 0 Å². The first-order chi connectivity index (χ1) is 9.20. The summed E-state index contributed by atoms with van der Waals surface area (Å²) in [6.07, 6.45) is 1.80. The van der Waals surface area contributed by atoms with E-state index in [0.29, 0.717) is 0 Å². The highest BCUT2D eigenvalue weighted by Crippen LogP contribution is 2.25. The number of hydrogen-bond acceptors (Lipinski definition) is 3. The van der Waals surface area contributed by atoms with Crippen molar-refractivity contribution in [1.29, 1.82) is 0 Å². The summed E-state index contributed by atoms with van der Waals surface area (Å²) in [5.74, 6) is 0. The van der Waals surface area contributed by atoms with Crippen LogP contribution in [0, 0.1) is 13.8 Å². The van der Waals surface area contributed by atoms with E-state index >= 15 is 0 Å². The molecule has 2 aromatic heterocycles. The number of aryl methyl sites for hydroxylation is 2. The number of fused-ring (bicyclic) bond motifs is 1. The molecule has 96 valence electrons. The van der Waals surface area contributed by atoms with Crippen LogP contribution < -0.4 is 5.32 Å². The summed E-state index contributed by atoms with van der Waals surface area (Å²) >= 11 is 0. The Labute approximate surface area is 112 Å². The molecule has 0 aliphatic heterocycles. The molecule has 1 N–H and O–H groups in total. The Kier molecular flexibility index (Phi) is 2.71. The number of benzene rings is 1. The Bertz CT molecular complexity index is 743. The average Bonchev–Trinajstić information content (AvgIpc) is 2.82. The Hall–Kier alpha value is -2.36. The minimum atomic E-state index is 0.862. The van der Waals surface area contributed by atoms with Crippen molar-refractivity contribution in [3.8, 4) is 11.3 Å². The van der Waals surface area contributed by atoms with E-state index in [4.69, 9.17) is 4.98 Å². The Morgan fingerprint density at radius 2 is 1.95 bits per heavy atom. The molecule has 3 rings (SSSR count). The van der Waals surface area contributed by atoms with E-state index in [9.17, 15) is 0 Å². The van der Waals surface area contributed by atoms with Crippen LogP contribution in [-0.2, 0) is 0 Å². The van der Waals surface area contributed by atoms with Gasteiger partial charge in [-0.25, -0.2) is 9.50 Å². The summed E-state index contributed by atoms with van der Waals surface area (Å²) in [6, 6.07) is 10.4. The normalized spacial score (nSPS) is 10.9. The molecule has 3 aromatic rings. The lowest BCUT2D eigenvalue weighted by atomic mass is 10.1. The first kappa shape index (κ1) is 11.7. The number of anilines is 1. The smallest absolute Gasteiger partial charge is 0.179 e. The fourth-order valence-electron chi connectivity index (χ4n) is 2.29. The van der Waals surface area contributed by atoms with E-state index in [1.165, 1.54) is 5.56 Å². The van der Waals surface area contributed by atoms with Crippen LogP contribution in [-0.4, -0.2) is 21.6 Å². The molecule has 19 heavy (non-hydrogen) atoms. The van der Waals surface area contributed by atoms with Gasteiger partial charge in [0.15, 0.2) is 5.65 Å². The summed E-state index contributed by atoms with van der Waals surface area (Å²) in [7, 11) is 1.88. The Morgan fingerprint density at radius 3 is 2.68 bits per heavy atom. The van der Waals surface area contributed by atoms with Gasteiger partial charge >= 0.3 is 0 Å². The molecule has 0 radical (unpaired) electrons. The molecule has 0 amide bonds. The molecule has 0 unspecified atom stereocenters. The van der Waals surface area contributed by atoms with Crippen molar-refractivity contribution in [2.75, 3.05) is 12.4 Å². The second-order valence-corrected chi connectivity index (χ2v) is 4.64. The monoisotopic (exact) mass is 252 g/mol. The number of rotatable bonds is 2. The second kappa shape index (κ2) is 4.39. The third kappa shape index (κ3) is 1.85. The van der Waals surface area contributed by atoms with Crippen LogP contribution in [0.4, 0.5) is 5.69 Å². The van der Waals surface area contributed by atoms with Crippen LogP contribution in [0.1, 0.15) is 11.3 Å². The van der Waals surface area contributed by atoms with Crippen molar-refractivity contribution in [2.24, 2.45) is 0 Å². The summed E-state index contributed by atoms with van der Waals surface area (Å²) in [6.45, 7) is 4.15. The van der Waals surface area contributed by atoms with Crippen LogP contribution in [0.3, 0.4) is 0 Å². The maximum absolute atomic E-state index is 4.74. The highest BCUT2D eigenvalue weighted by atomic mass is 15.3. The standard InChI is InChI=1S/C15H16N4/c1-10-6-4-5-7-12(10)13-8-11(2)19-15(18-13)14(16-3)9-17-19/h4-9,16H,1-3H3. The lowest BCUT2D eigenvalue weighted by Crippen LogP contribution is -1.99. The molecule has 0 saturated carbocycles. The molecule has 1 aromatic carbocycles. The number of nitrogens with zero attached hydrogens (tertiary/aromatic N) is 3. The molecule has 0 atom stereocenters. The predicted molar refractivity (Wildman–Crippen MR) is 77.4 cm³/mol. The topological polar surface area (TPSA) is 42.2 Å². The van der Waals surface area contributed by atoms with Gasteiger partial charge in [-0.2, -0.15) is 5.10 Å². The van der Waals surface area contributed by atoms with Gasteiger partial charge in [0.25, 0.3) is 0 Å². The number of aromatic nitrogens is 3. The van der Waals surface area contributed by atoms with Crippen molar-refractivity contribution in [3.63, 3.8) is 0 Å². The van der Waals surface area contributed by atoms with E-state index in [2.05, 4.69) is 35.5 Å². The Morgan fingerprint density at radius 1 is 1.16 bits per heavy atom. The quantitative estimate of drug-likeness (QED) is 0.762. The van der Waals surface area contributed by atoms with Crippen LogP contribution in [0.25, 0.3) is 16.9 Å². The van der Waals surface area contributed by atoms with Crippen molar-refractivity contribution in [2.45, 2.75) is 13.8 Å². The van der Waals surface area contributed by atoms with Gasteiger partial charge in [0.1, 0.15) is 0 Å². The van der Waals surface area contributed by atoms with Crippen molar-refractivity contribution < 1.29 is 0 Å². The van der Waals surface area contributed by atoms with Gasteiger partial charge < -0.3 is 5.32 Å². The fraction of sp³-hybridized carbons (Fsp3) is 0.200. The maximum atomic E-state index is 4.74. The first-order valence-corrected chi connectivity index (χ1v) is 6.30. The van der Waals surface area contributed by atoms with E-state index in [1.54, 1.807) is 6.20 Å². The molecular weight excluding hydrogens is 236 g/mol. The molecule has 0 saturated heterocycles.